The quantitative estimate of drug-likeness (QED) is 0.741. The second kappa shape index (κ2) is 9.65. The van der Waals surface area contributed by atoms with Crippen LogP contribution < -0.4 is 15.8 Å². The normalized spacial score (nSPS) is 16.0. The van der Waals surface area contributed by atoms with Gasteiger partial charge in [-0.15, -0.1) is 12.4 Å². The van der Waals surface area contributed by atoms with Crippen molar-refractivity contribution in [1.29, 1.82) is 0 Å². The molecule has 1 unspecified atom stereocenters. The molecule has 0 spiro atoms. The Bertz CT molecular complexity index is 881. The summed E-state index contributed by atoms with van der Waals surface area (Å²) < 4.78 is 5.14. The number of ether oxygens (including phenoxy) is 1. The number of likely N-dealkylation sites (tertiary alicyclic amines) is 1. The first kappa shape index (κ1) is 22.6. The van der Waals surface area contributed by atoms with Gasteiger partial charge < -0.3 is 20.7 Å². The largest absolute Gasteiger partial charge is 0.495 e. The Kier molecular flexibility index (Phi) is 7.51. The second-order valence-electron chi connectivity index (χ2n) is 7.41. The van der Waals surface area contributed by atoms with E-state index in [2.05, 4.69) is 5.32 Å². The molecular weight excluding hydrogens is 390 g/mol. The molecule has 6 nitrogen and oxygen atoms in total. The van der Waals surface area contributed by atoms with Crippen molar-refractivity contribution < 1.29 is 14.3 Å². The van der Waals surface area contributed by atoms with E-state index in [4.69, 9.17) is 10.5 Å². The summed E-state index contributed by atoms with van der Waals surface area (Å²) in [5.74, 6) is 0.216. The predicted molar refractivity (Wildman–Crippen MR) is 118 cm³/mol. The molecule has 7 heteroatoms. The standard InChI is InChI=1S/C22H27N3O3.ClH/c1-14-9-15(2)11-17(10-14)22(27)25-8-4-5-16(13-25)21(26)24-18-6-7-20(28-3)19(23)12-18;/h6-7,9-12,16H,4-5,8,13,23H2,1-3H3,(H,24,26);1H. The molecule has 1 atom stereocenters. The van der Waals surface area contributed by atoms with Crippen LogP contribution in [0.3, 0.4) is 0 Å². The summed E-state index contributed by atoms with van der Waals surface area (Å²) in [6.45, 7) is 5.06. The van der Waals surface area contributed by atoms with Crippen LogP contribution >= 0.6 is 12.4 Å². The van der Waals surface area contributed by atoms with Gasteiger partial charge in [-0.05, 0) is 57.0 Å². The number of aryl methyl sites for hydroxylation is 2. The number of halogens is 1. The van der Waals surface area contributed by atoms with Gasteiger partial charge in [0.15, 0.2) is 0 Å². The number of nitrogen functional groups attached to an aromatic ring is 1. The van der Waals surface area contributed by atoms with Crippen molar-refractivity contribution in [2.75, 3.05) is 31.2 Å². The SMILES string of the molecule is COc1ccc(NC(=O)C2CCCN(C(=O)c3cc(C)cc(C)c3)C2)cc1N.Cl. The van der Waals surface area contributed by atoms with Crippen LogP contribution in [-0.4, -0.2) is 36.9 Å². The van der Waals surface area contributed by atoms with Crippen LogP contribution in [0.25, 0.3) is 0 Å². The highest BCUT2D eigenvalue weighted by molar-refractivity contribution is 5.96. The summed E-state index contributed by atoms with van der Waals surface area (Å²) in [6, 6.07) is 11.0. The van der Waals surface area contributed by atoms with E-state index in [1.54, 1.807) is 30.2 Å². The maximum Gasteiger partial charge on any atom is 0.253 e. The van der Waals surface area contributed by atoms with Crippen molar-refractivity contribution in [2.45, 2.75) is 26.7 Å². The molecule has 1 saturated heterocycles. The third-order valence-corrected chi connectivity index (χ3v) is 5.05. The number of hydrogen-bond donors (Lipinski definition) is 2. The number of rotatable bonds is 4. The molecule has 1 aliphatic heterocycles. The van der Waals surface area contributed by atoms with E-state index in [9.17, 15) is 9.59 Å². The number of hydrogen-bond acceptors (Lipinski definition) is 4. The van der Waals surface area contributed by atoms with Crippen LogP contribution in [0.5, 0.6) is 5.75 Å². The maximum absolute atomic E-state index is 12.9. The molecule has 1 aliphatic rings. The lowest BCUT2D eigenvalue weighted by molar-refractivity contribution is -0.121. The fraction of sp³-hybridized carbons (Fsp3) is 0.364. The zero-order valence-electron chi connectivity index (χ0n) is 17.0. The van der Waals surface area contributed by atoms with E-state index in [0.29, 0.717) is 35.8 Å². The maximum atomic E-state index is 12.9. The molecule has 3 N–H and O–H groups in total. The number of carbonyl (C=O) groups excluding carboxylic acids is 2. The predicted octanol–water partition coefficient (Wildman–Crippen LogP) is 3.81. The number of nitrogens with zero attached hydrogens (tertiary/aromatic N) is 1. The summed E-state index contributed by atoms with van der Waals surface area (Å²) >= 11 is 0. The summed E-state index contributed by atoms with van der Waals surface area (Å²) in [4.78, 5) is 27.4. The van der Waals surface area contributed by atoms with Gasteiger partial charge in [0.1, 0.15) is 5.75 Å². The first-order chi connectivity index (χ1) is 13.4. The monoisotopic (exact) mass is 417 g/mol. The smallest absolute Gasteiger partial charge is 0.253 e. The highest BCUT2D eigenvalue weighted by Crippen LogP contribution is 2.26. The number of carbonyl (C=O) groups is 2. The molecule has 2 aromatic carbocycles. The van der Waals surface area contributed by atoms with E-state index >= 15 is 0 Å². The first-order valence-electron chi connectivity index (χ1n) is 9.49. The Balaban J connectivity index is 0.00000300. The van der Waals surface area contributed by atoms with Gasteiger partial charge in [0.2, 0.25) is 5.91 Å². The highest BCUT2D eigenvalue weighted by atomic mass is 35.5. The molecule has 1 fully saturated rings. The highest BCUT2D eigenvalue weighted by Gasteiger charge is 2.29. The van der Waals surface area contributed by atoms with Gasteiger partial charge in [-0.2, -0.15) is 0 Å². The molecule has 29 heavy (non-hydrogen) atoms. The Morgan fingerprint density at radius 3 is 2.45 bits per heavy atom. The van der Waals surface area contributed by atoms with Crippen LogP contribution in [0, 0.1) is 19.8 Å². The Morgan fingerprint density at radius 2 is 1.83 bits per heavy atom. The molecular formula is C22H28ClN3O3. The molecule has 3 rings (SSSR count). The number of nitrogens with two attached hydrogens (primary N) is 1. The van der Waals surface area contributed by atoms with Crippen molar-refractivity contribution in [3.63, 3.8) is 0 Å². The number of amides is 2. The van der Waals surface area contributed by atoms with E-state index in [1.807, 2.05) is 32.0 Å². The molecule has 156 valence electrons. The van der Waals surface area contributed by atoms with Crippen LogP contribution in [0.4, 0.5) is 11.4 Å². The topological polar surface area (TPSA) is 84.7 Å². The van der Waals surface area contributed by atoms with Crippen molar-refractivity contribution in [3.8, 4) is 5.75 Å². The second-order valence-corrected chi connectivity index (χ2v) is 7.41. The summed E-state index contributed by atoms with van der Waals surface area (Å²) in [6.07, 6.45) is 1.56. The lowest BCUT2D eigenvalue weighted by Gasteiger charge is -2.32. The Hall–Kier alpha value is -2.73. The number of anilines is 2. The average molecular weight is 418 g/mol. The summed E-state index contributed by atoms with van der Waals surface area (Å²) in [7, 11) is 1.55. The van der Waals surface area contributed by atoms with E-state index < -0.39 is 0 Å². The van der Waals surface area contributed by atoms with E-state index in [-0.39, 0.29) is 30.1 Å². The minimum Gasteiger partial charge on any atom is -0.495 e. The number of methoxy groups -OCH3 is 1. The van der Waals surface area contributed by atoms with Gasteiger partial charge in [0, 0.05) is 24.3 Å². The van der Waals surface area contributed by atoms with Gasteiger partial charge in [-0.1, -0.05) is 17.2 Å². The molecule has 0 saturated carbocycles. The van der Waals surface area contributed by atoms with Gasteiger partial charge in [0.05, 0.1) is 18.7 Å². The third kappa shape index (κ3) is 5.41. The minimum atomic E-state index is -0.244. The van der Waals surface area contributed by atoms with Crippen LogP contribution in [0.2, 0.25) is 0 Å². The summed E-state index contributed by atoms with van der Waals surface area (Å²) in [5.41, 5.74) is 9.81. The van der Waals surface area contributed by atoms with E-state index in [1.165, 1.54) is 0 Å². The van der Waals surface area contributed by atoms with Crippen molar-refractivity contribution in [2.24, 2.45) is 5.92 Å². The van der Waals surface area contributed by atoms with Gasteiger partial charge >= 0.3 is 0 Å². The average Bonchev–Trinajstić information content (AvgIpc) is 2.67. The molecule has 2 aromatic rings. The molecule has 0 aliphatic carbocycles. The van der Waals surface area contributed by atoms with Crippen molar-refractivity contribution in [1.82, 2.24) is 4.90 Å². The van der Waals surface area contributed by atoms with Gasteiger partial charge in [0.25, 0.3) is 5.91 Å². The lowest BCUT2D eigenvalue weighted by atomic mass is 9.96. The molecule has 0 aromatic heterocycles. The molecule has 0 radical (unpaired) electrons. The first-order valence-corrected chi connectivity index (χ1v) is 9.49. The molecule has 1 heterocycles. The van der Waals surface area contributed by atoms with Gasteiger partial charge in [-0.3, -0.25) is 9.59 Å². The number of benzene rings is 2. The van der Waals surface area contributed by atoms with Crippen LogP contribution in [0.1, 0.15) is 34.3 Å². The van der Waals surface area contributed by atoms with Crippen LogP contribution in [-0.2, 0) is 4.79 Å². The minimum absolute atomic E-state index is 0. The summed E-state index contributed by atoms with van der Waals surface area (Å²) in [5, 5.41) is 2.91. The van der Waals surface area contributed by atoms with Crippen molar-refractivity contribution >= 4 is 35.6 Å². The lowest BCUT2D eigenvalue weighted by Crippen LogP contribution is -2.43. The number of nitrogens with one attached hydrogen (secondary N) is 1. The zero-order chi connectivity index (χ0) is 20.3. The third-order valence-electron chi connectivity index (χ3n) is 5.05. The molecule has 0 bridgehead atoms. The number of piperidine rings is 1. The Labute approximate surface area is 177 Å². The van der Waals surface area contributed by atoms with Crippen molar-refractivity contribution in [3.05, 3.63) is 53.1 Å². The van der Waals surface area contributed by atoms with Gasteiger partial charge in [-0.25, -0.2) is 0 Å². The van der Waals surface area contributed by atoms with Crippen LogP contribution in [0.15, 0.2) is 36.4 Å². The zero-order valence-corrected chi connectivity index (χ0v) is 17.8. The fourth-order valence-electron chi connectivity index (χ4n) is 3.71. The van der Waals surface area contributed by atoms with E-state index in [0.717, 1.165) is 24.0 Å². The molecule has 2 amide bonds. The fourth-order valence-corrected chi connectivity index (χ4v) is 3.71. The Morgan fingerprint density at radius 1 is 1.14 bits per heavy atom.